The van der Waals surface area contributed by atoms with Gasteiger partial charge in [0.25, 0.3) is 0 Å². The topological polar surface area (TPSA) is 176 Å². The molecule has 2 aromatic rings. The smallest absolute Gasteiger partial charge is 0.138 e. The van der Waals surface area contributed by atoms with Crippen LogP contribution < -0.4 is 11.1 Å². The maximum Gasteiger partial charge on any atom is 0.138 e. The highest BCUT2D eigenvalue weighted by Gasteiger charge is 2.45. The molecule has 33 heavy (non-hydrogen) atoms. The Kier molecular flexibility index (Phi) is 6.58. The molecular weight excluding hydrogens is 444 g/mol. The number of nitrogens with one attached hydrogen (secondary N) is 1. The number of nitrogens with zero attached hydrogens (tertiary/aromatic N) is 2. The van der Waals surface area contributed by atoms with Crippen LogP contribution in [0.5, 0.6) is 0 Å². The van der Waals surface area contributed by atoms with Crippen molar-refractivity contribution in [3.05, 3.63) is 70.0 Å². The Morgan fingerprint density at radius 3 is 2.33 bits per heavy atom. The van der Waals surface area contributed by atoms with Crippen LogP contribution in [0.1, 0.15) is 11.5 Å². The second-order valence-electron chi connectivity index (χ2n) is 7.77. The summed E-state index contributed by atoms with van der Waals surface area (Å²) < 4.78 is 5.56. The Morgan fingerprint density at radius 1 is 0.970 bits per heavy atom. The molecule has 4 rings (SSSR count). The van der Waals surface area contributed by atoms with Gasteiger partial charge in [0, 0.05) is 0 Å². The first-order valence-corrected chi connectivity index (χ1v) is 11.0. The maximum absolute atomic E-state index is 10.4. The van der Waals surface area contributed by atoms with Crippen molar-refractivity contribution in [3.63, 3.8) is 0 Å². The number of fused-ring (bicyclic) bond motifs is 1. The van der Waals surface area contributed by atoms with E-state index in [1.54, 1.807) is 0 Å². The molecule has 1 saturated heterocycles. The molecule has 9 nitrogen and oxygen atoms in total. The molecule has 0 spiro atoms. The summed E-state index contributed by atoms with van der Waals surface area (Å²) >= 11 is 0.893. The summed E-state index contributed by atoms with van der Waals surface area (Å²) in [6, 6.07) is 17.5. The van der Waals surface area contributed by atoms with Crippen LogP contribution in [0.2, 0.25) is 0 Å². The van der Waals surface area contributed by atoms with Gasteiger partial charge in [-0.25, -0.2) is 0 Å². The molecule has 2 heterocycles. The van der Waals surface area contributed by atoms with Crippen LogP contribution in [-0.2, 0) is 4.74 Å². The average molecular weight is 467 g/mol. The monoisotopic (exact) mass is 466 g/mol. The number of allylic oxidation sites excluding steroid dienone is 2. The molecule has 0 radical (unpaired) electrons. The van der Waals surface area contributed by atoms with E-state index in [9.17, 15) is 30.9 Å². The molecular formula is C23H22N4O5S. The zero-order valence-electron chi connectivity index (χ0n) is 17.3. The summed E-state index contributed by atoms with van der Waals surface area (Å²) in [7, 11) is 0. The number of thioether (sulfide) groups is 1. The van der Waals surface area contributed by atoms with Crippen LogP contribution in [0.4, 0.5) is 0 Å². The fourth-order valence-electron chi connectivity index (χ4n) is 4.02. The van der Waals surface area contributed by atoms with Gasteiger partial charge in [-0.2, -0.15) is 10.5 Å². The van der Waals surface area contributed by atoms with Crippen LogP contribution in [0.15, 0.2) is 64.5 Å². The van der Waals surface area contributed by atoms with E-state index in [4.69, 9.17) is 10.5 Å². The molecule has 0 bridgehead atoms. The van der Waals surface area contributed by atoms with Crippen LogP contribution in [0.3, 0.4) is 0 Å². The molecule has 0 saturated carbocycles. The summed E-state index contributed by atoms with van der Waals surface area (Å²) in [5, 5.41) is 64.8. The van der Waals surface area contributed by atoms with Gasteiger partial charge in [-0.1, -0.05) is 54.2 Å². The van der Waals surface area contributed by atoms with Crippen LogP contribution >= 0.6 is 11.8 Å². The minimum absolute atomic E-state index is 0.0572. The van der Waals surface area contributed by atoms with E-state index in [1.165, 1.54) is 0 Å². The van der Waals surface area contributed by atoms with E-state index in [0.717, 1.165) is 22.5 Å². The standard InChI is InChI=1S/C23H22N4O5S/c24-8-14-17(13-6-5-11-3-1-2-4-12(11)7-13)15(9-25)22(27-21(14)26)33-23-20(31)19(30)18(29)16(10-28)32-23/h1-7,16-20,23,27-31H,10,26H2/t16-,17?,18+,19+,20-,23+/m1/s1. The molecule has 1 unspecified atom stereocenters. The molecule has 170 valence electrons. The highest BCUT2D eigenvalue weighted by atomic mass is 32.2. The minimum atomic E-state index is -1.55. The predicted molar refractivity (Wildman–Crippen MR) is 121 cm³/mol. The van der Waals surface area contributed by atoms with Crippen molar-refractivity contribution in [2.45, 2.75) is 35.8 Å². The van der Waals surface area contributed by atoms with E-state index >= 15 is 0 Å². The first-order chi connectivity index (χ1) is 15.9. The van der Waals surface area contributed by atoms with Gasteiger partial charge >= 0.3 is 0 Å². The molecule has 1 fully saturated rings. The molecule has 2 aliphatic heterocycles. The SMILES string of the molecule is N#CC1=C(N)NC(S[C@@H]2O[C@H](CO)[C@H](O)[C@H](O)[C@H]2O)=C(C#N)C1c1ccc2ccccc2c1. The third-order valence-corrected chi connectivity index (χ3v) is 6.97. The van der Waals surface area contributed by atoms with Crippen molar-refractivity contribution in [1.29, 1.82) is 10.5 Å². The molecule has 0 aromatic heterocycles. The number of aliphatic hydroxyl groups is 4. The van der Waals surface area contributed by atoms with E-state index in [0.29, 0.717) is 5.56 Å². The first kappa shape index (κ1) is 23.1. The molecule has 2 aliphatic rings. The predicted octanol–water partition coefficient (Wildman–Crippen LogP) is 0.489. The highest BCUT2D eigenvalue weighted by Crippen LogP contribution is 2.42. The Bertz CT molecular complexity index is 1220. The fourth-order valence-corrected chi connectivity index (χ4v) is 5.21. The fraction of sp³-hybridized carbons (Fsp3) is 0.304. The van der Waals surface area contributed by atoms with Gasteiger partial charge in [0.05, 0.1) is 40.8 Å². The quantitative estimate of drug-likeness (QED) is 0.372. The summed E-state index contributed by atoms with van der Waals surface area (Å²) in [5.41, 5.74) is 6.09. The number of benzene rings is 2. The Hall–Kier alpha value is -3.09. The molecule has 2 aromatic carbocycles. The number of rotatable bonds is 4. The van der Waals surface area contributed by atoms with Crippen molar-refractivity contribution in [2.75, 3.05) is 6.61 Å². The average Bonchev–Trinajstić information content (AvgIpc) is 2.83. The summed E-state index contributed by atoms with van der Waals surface area (Å²) in [5.74, 6) is -0.694. The lowest BCUT2D eigenvalue weighted by Crippen LogP contribution is -2.57. The second-order valence-corrected chi connectivity index (χ2v) is 8.88. The summed E-state index contributed by atoms with van der Waals surface area (Å²) in [6.07, 6.45) is -5.63. The van der Waals surface area contributed by atoms with Crippen molar-refractivity contribution < 1.29 is 25.2 Å². The van der Waals surface area contributed by atoms with E-state index in [-0.39, 0.29) is 22.0 Å². The molecule has 0 amide bonds. The number of hydrogen-bond acceptors (Lipinski definition) is 10. The van der Waals surface area contributed by atoms with Crippen LogP contribution in [-0.4, -0.2) is 56.9 Å². The second kappa shape index (κ2) is 9.41. The Balaban J connectivity index is 1.75. The zero-order valence-corrected chi connectivity index (χ0v) is 18.1. The van der Waals surface area contributed by atoms with Crippen LogP contribution in [0, 0.1) is 22.7 Å². The number of hydrogen-bond donors (Lipinski definition) is 6. The van der Waals surface area contributed by atoms with Gasteiger partial charge in [0.1, 0.15) is 35.7 Å². The van der Waals surface area contributed by atoms with Crippen molar-refractivity contribution in [2.24, 2.45) is 5.73 Å². The molecule has 6 atom stereocenters. The van der Waals surface area contributed by atoms with Gasteiger partial charge < -0.3 is 36.2 Å². The number of dihydropyridines is 1. The maximum atomic E-state index is 10.4. The van der Waals surface area contributed by atoms with Crippen LogP contribution in [0.25, 0.3) is 10.8 Å². The van der Waals surface area contributed by atoms with Gasteiger partial charge in [0.15, 0.2) is 0 Å². The normalized spacial score (nSPS) is 30.0. The van der Waals surface area contributed by atoms with Gasteiger partial charge in [-0.05, 0) is 16.3 Å². The first-order valence-electron chi connectivity index (χ1n) is 10.2. The number of nitrogens with two attached hydrogens (primary N) is 1. The van der Waals surface area contributed by atoms with E-state index in [2.05, 4.69) is 17.5 Å². The Labute approximate surface area is 194 Å². The third-order valence-electron chi connectivity index (χ3n) is 5.79. The van der Waals surface area contributed by atoms with Gasteiger partial charge in [-0.3, -0.25) is 0 Å². The zero-order chi connectivity index (χ0) is 23.7. The molecule has 10 heteroatoms. The lowest BCUT2D eigenvalue weighted by atomic mass is 9.83. The summed E-state index contributed by atoms with van der Waals surface area (Å²) in [6.45, 7) is -0.570. The van der Waals surface area contributed by atoms with E-state index < -0.39 is 42.4 Å². The summed E-state index contributed by atoms with van der Waals surface area (Å²) in [4.78, 5) is 0. The van der Waals surface area contributed by atoms with Gasteiger partial charge in [0.2, 0.25) is 0 Å². The lowest BCUT2D eigenvalue weighted by Gasteiger charge is -2.40. The van der Waals surface area contributed by atoms with Crippen molar-refractivity contribution in [3.8, 4) is 12.1 Å². The largest absolute Gasteiger partial charge is 0.394 e. The number of nitriles is 2. The Morgan fingerprint density at radius 2 is 1.67 bits per heavy atom. The molecule has 7 N–H and O–H groups in total. The van der Waals surface area contributed by atoms with E-state index in [1.807, 2.05) is 42.5 Å². The van der Waals surface area contributed by atoms with Gasteiger partial charge in [-0.15, -0.1) is 0 Å². The number of ether oxygens (including phenoxy) is 1. The molecule has 0 aliphatic carbocycles. The lowest BCUT2D eigenvalue weighted by molar-refractivity contribution is -0.205. The highest BCUT2D eigenvalue weighted by molar-refractivity contribution is 8.03. The number of aliphatic hydroxyl groups excluding tert-OH is 4. The van der Waals surface area contributed by atoms with Crippen molar-refractivity contribution in [1.82, 2.24) is 5.32 Å². The van der Waals surface area contributed by atoms with Crippen molar-refractivity contribution >= 4 is 22.5 Å². The third kappa shape index (κ3) is 4.16. The minimum Gasteiger partial charge on any atom is -0.394 e.